The largest absolute Gasteiger partial charge is 0.323 e. The number of carbonyl (C=O) groups is 1. The predicted molar refractivity (Wildman–Crippen MR) is 73.0 cm³/mol. The fourth-order valence-corrected chi connectivity index (χ4v) is 1.88. The van der Waals surface area contributed by atoms with E-state index >= 15 is 0 Å². The van der Waals surface area contributed by atoms with Gasteiger partial charge >= 0.3 is 0 Å². The highest BCUT2D eigenvalue weighted by atomic mass is 35.5. The third-order valence-electron chi connectivity index (χ3n) is 2.20. The van der Waals surface area contributed by atoms with Crippen LogP contribution in [0.3, 0.4) is 0 Å². The van der Waals surface area contributed by atoms with Gasteiger partial charge in [0.2, 0.25) is 5.91 Å². The minimum atomic E-state index is -0.550. The van der Waals surface area contributed by atoms with Gasteiger partial charge in [-0.3, -0.25) is 4.79 Å². The number of nitrogens with one attached hydrogen (secondary N) is 1. The highest BCUT2D eigenvalue weighted by Gasteiger charge is 2.14. The van der Waals surface area contributed by atoms with Gasteiger partial charge in [0.1, 0.15) is 0 Å². The zero-order valence-corrected chi connectivity index (χ0v) is 11.5. The Labute approximate surface area is 115 Å². The molecular weight excluding hydrogens is 282 g/mol. The molecule has 1 aromatic carbocycles. The molecule has 0 saturated carbocycles. The van der Waals surface area contributed by atoms with E-state index in [1.54, 1.807) is 0 Å². The van der Waals surface area contributed by atoms with Crippen molar-refractivity contribution in [1.82, 2.24) is 0 Å². The molecule has 0 bridgehead atoms. The number of hydrogen-bond acceptors (Lipinski definition) is 2. The molecular formula is C11H13Cl3N2O. The molecule has 1 amide bonds. The molecule has 94 valence electrons. The van der Waals surface area contributed by atoms with Crippen molar-refractivity contribution < 1.29 is 4.79 Å². The van der Waals surface area contributed by atoms with Crippen molar-refractivity contribution in [2.75, 3.05) is 5.32 Å². The van der Waals surface area contributed by atoms with Gasteiger partial charge in [-0.2, -0.15) is 0 Å². The molecule has 3 N–H and O–H groups in total. The molecule has 0 fully saturated rings. The van der Waals surface area contributed by atoms with Crippen molar-refractivity contribution >= 4 is 46.4 Å². The lowest BCUT2D eigenvalue weighted by molar-refractivity contribution is -0.117. The third kappa shape index (κ3) is 4.03. The molecule has 1 unspecified atom stereocenters. The first-order chi connectivity index (χ1) is 7.95. The Morgan fingerprint density at radius 1 is 1.29 bits per heavy atom. The minimum Gasteiger partial charge on any atom is -0.323 e. The first-order valence-corrected chi connectivity index (χ1v) is 6.30. The van der Waals surface area contributed by atoms with Crippen LogP contribution in [-0.2, 0) is 4.79 Å². The van der Waals surface area contributed by atoms with Crippen LogP contribution in [0.5, 0.6) is 0 Å². The lowest BCUT2D eigenvalue weighted by atomic mass is 10.1. The Morgan fingerprint density at radius 3 is 2.47 bits per heavy atom. The molecule has 17 heavy (non-hydrogen) atoms. The molecule has 0 aromatic heterocycles. The number of amides is 1. The topological polar surface area (TPSA) is 55.1 Å². The zero-order valence-electron chi connectivity index (χ0n) is 9.27. The van der Waals surface area contributed by atoms with Gasteiger partial charge in [-0.25, -0.2) is 0 Å². The summed E-state index contributed by atoms with van der Waals surface area (Å²) in [5.41, 5.74) is 6.09. The van der Waals surface area contributed by atoms with Gasteiger partial charge in [-0.15, -0.1) is 0 Å². The van der Waals surface area contributed by atoms with Gasteiger partial charge in [0, 0.05) is 0 Å². The minimum absolute atomic E-state index is 0.285. The van der Waals surface area contributed by atoms with Crippen molar-refractivity contribution in [3.05, 3.63) is 27.2 Å². The highest BCUT2D eigenvalue weighted by Crippen LogP contribution is 2.32. The Bertz CT molecular complexity index is 423. The molecule has 0 radical (unpaired) electrons. The number of halogens is 3. The molecule has 0 saturated heterocycles. The smallest absolute Gasteiger partial charge is 0.241 e. The fraction of sp³-hybridized carbons (Fsp3) is 0.364. The number of carbonyl (C=O) groups excluding carboxylic acids is 1. The monoisotopic (exact) mass is 294 g/mol. The van der Waals surface area contributed by atoms with Crippen molar-refractivity contribution in [2.24, 2.45) is 5.73 Å². The summed E-state index contributed by atoms with van der Waals surface area (Å²) in [6.07, 6.45) is 1.45. The lowest BCUT2D eigenvalue weighted by Gasteiger charge is -2.12. The van der Waals surface area contributed by atoms with Gasteiger partial charge in [0.05, 0.1) is 26.8 Å². The first-order valence-electron chi connectivity index (χ1n) is 5.16. The summed E-state index contributed by atoms with van der Waals surface area (Å²) in [5.74, 6) is -0.285. The van der Waals surface area contributed by atoms with Crippen LogP contribution in [0.2, 0.25) is 15.1 Å². The van der Waals surface area contributed by atoms with Gasteiger partial charge in [0.15, 0.2) is 0 Å². The maximum Gasteiger partial charge on any atom is 0.241 e. The van der Waals surface area contributed by atoms with Gasteiger partial charge in [-0.1, -0.05) is 48.1 Å². The molecule has 0 aliphatic carbocycles. The summed E-state index contributed by atoms with van der Waals surface area (Å²) in [6, 6.07) is 2.43. The van der Waals surface area contributed by atoms with Gasteiger partial charge in [-0.05, 0) is 18.6 Å². The molecule has 1 atom stereocenters. The summed E-state index contributed by atoms with van der Waals surface area (Å²) < 4.78 is 0. The Kier molecular flexibility index (Phi) is 5.53. The van der Waals surface area contributed by atoms with Gasteiger partial charge in [0.25, 0.3) is 0 Å². The van der Waals surface area contributed by atoms with Crippen molar-refractivity contribution in [3.8, 4) is 0 Å². The van der Waals surface area contributed by atoms with Crippen LogP contribution in [0.4, 0.5) is 5.69 Å². The number of benzene rings is 1. The number of hydrogen-bond donors (Lipinski definition) is 2. The molecule has 6 heteroatoms. The second-order valence-corrected chi connectivity index (χ2v) is 4.85. The number of nitrogens with two attached hydrogens (primary N) is 1. The van der Waals surface area contributed by atoms with Crippen molar-refractivity contribution in [1.29, 1.82) is 0 Å². The van der Waals surface area contributed by atoms with Crippen LogP contribution >= 0.6 is 34.8 Å². The van der Waals surface area contributed by atoms with E-state index in [4.69, 9.17) is 40.5 Å². The molecule has 0 aliphatic rings. The van der Waals surface area contributed by atoms with Gasteiger partial charge < -0.3 is 11.1 Å². The molecule has 0 heterocycles. The van der Waals surface area contributed by atoms with E-state index in [0.717, 1.165) is 6.42 Å². The van der Waals surface area contributed by atoms with Crippen LogP contribution in [-0.4, -0.2) is 11.9 Å². The normalized spacial score (nSPS) is 12.3. The predicted octanol–water partition coefficient (Wildman–Crippen LogP) is 3.71. The molecule has 1 aromatic rings. The zero-order chi connectivity index (χ0) is 13.0. The lowest BCUT2D eigenvalue weighted by Crippen LogP contribution is -2.35. The maximum atomic E-state index is 11.7. The third-order valence-corrected chi connectivity index (χ3v) is 3.24. The number of anilines is 1. The highest BCUT2D eigenvalue weighted by molar-refractivity contribution is 6.44. The Morgan fingerprint density at radius 2 is 1.88 bits per heavy atom. The first kappa shape index (κ1) is 14.6. The average Bonchev–Trinajstić information content (AvgIpc) is 2.26. The quantitative estimate of drug-likeness (QED) is 0.832. The van der Waals surface area contributed by atoms with Crippen LogP contribution in [0.25, 0.3) is 0 Å². The summed E-state index contributed by atoms with van der Waals surface area (Å²) in [4.78, 5) is 11.7. The standard InChI is InChI=1S/C11H13Cl3N2O/c1-2-3-9(15)11(17)16-10-5-7(13)6(12)4-8(10)14/h4-5,9H,2-3,15H2,1H3,(H,16,17). The van der Waals surface area contributed by atoms with E-state index in [1.165, 1.54) is 12.1 Å². The van der Waals surface area contributed by atoms with Crippen LogP contribution < -0.4 is 11.1 Å². The Hall–Kier alpha value is -0.480. The van der Waals surface area contributed by atoms with E-state index in [-0.39, 0.29) is 5.91 Å². The summed E-state index contributed by atoms with van der Waals surface area (Å²) in [7, 11) is 0. The van der Waals surface area contributed by atoms with Crippen molar-refractivity contribution in [2.45, 2.75) is 25.8 Å². The van der Waals surface area contributed by atoms with E-state index in [1.807, 2.05) is 6.92 Å². The van der Waals surface area contributed by atoms with Crippen LogP contribution in [0.15, 0.2) is 12.1 Å². The molecule has 0 aliphatic heterocycles. The average molecular weight is 296 g/mol. The number of rotatable bonds is 4. The summed E-state index contributed by atoms with van der Waals surface area (Å²) in [6.45, 7) is 1.96. The molecule has 3 nitrogen and oxygen atoms in total. The van der Waals surface area contributed by atoms with E-state index in [2.05, 4.69) is 5.32 Å². The maximum absolute atomic E-state index is 11.7. The molecule has 1 rings (SSSR count). The van der Waals surface area contributed by atoms with E-state index < -0.39 is 6.04 Å². The fourth-order valence-electron chi connectivity index (χ4n) is 1.29. The van der Waals surface area contributed by atoms with Crippen LogP contribution in [0.1, 0.15) is 19.8 Å². The SMILES string of the molecule is CCCC(N)C(=O)Nc1cc(Cl)c(Cl)cc1Cl. The second kappa shape index (κ2) is 6.45. The summed E-state index contributed by atoms with van der Waals surface area (Å²) >= 11 is 17.5. The molecule has 0 spiro atoms. The van der Waals surface area contributed by atoms with Crippen LogP contribution in [0, 0.1) is 0 Å². The Balaban J connectivity index is 2.81. The van der Waals surface area contributed by atoms with Crippen molar-refractivity contribution in [3.63, 3.8) is 0 Å². The summed E-state index contributed by atoms with van der Waals surface area (Å²) in [5, 5.41) is 3.62. The second-order valence-electron chi connectivity index (χ2n) is 3.63. The van der Waals surface area contributed by atoms with E-state index in [9.17, 15) is 4.79 Å². The van der Waals surface area contributed by atoms with E-state index in [0.29, 0.717) is 27.2 Å².